The Bertz CT molecular complexity index is 339. The first-order valence-corrected chi connectivity index (χ1v) is 9.12. The van der Waals surface area contributed by atoms with Gasteiger partial charge in [0.25, 0.3) is 0 Å². The molecule has 0 spiro atoms. The molecule has 2 fully saturated rings. The predicted molar refractivity (Wildman–Crippen MR) is 108 cm³/mol. The SMILES string of the molecule is CCNC(=NCC(C)CN1CCCC1)NC1CCC(O)CC1.I. The van der Waals surface area contributed by atoms with E-state index in [9.17, 15) is 5.11 Å². The van der Waals surface area contributed by atoms with Gasteiger partial charge >= 0.3 is 0 Å². The topological polar surface area (TPSA) is 59.9 Å². The molecule has 1 aliphatic heterocycles. The van der Waals surface area contributed by atoms with Gasteiger partial charge in [0.15, 0.2) is 5.96 Å². The van der Waals surface area contributed by atoms with E-state index in [1.807, 2.05) is 0 Å². The van der Waals surface area contributed by atoms with Crippen molar-refractivity contribution in [1.29, 1.82) is 0 Å². The fourth-order valence-corrected chi connectivity index (χ4v) is 3.44. The third kappa shape index (κ3) is 8.03. The molecule has 3 N–H and O–H groups in total. The molecule has 2 rings (SSSR count). The van der Waals surface area contributed by atoms with Crippen LogP contribution >= 0.6 is 24.0 Å². The molecule has 0 aromatic carbocycles. The maximum atomic E-state index is 9.60. The minimum atomic E-state index is -0.0990. The molecule has 136 valence electrons. The molecule has 2 aliphatic rings. The fourth-order valence-electron chi connectivity index (χ4n) is 3.44. The highest BCUT2D eigenvalue weighted by Gasteiger charge is 2.20. The van der Waals surface area contributed by atoms with Crippen LogP contribution in [0.3, 0.4) is 0 Å². The Kier molecular flexibility index (Phi) is 10.5. The van der Waals surface area contributed by atoms with Crippen LogP contribution in [0.25, 0.3) is 0 Å². The Balaban J connectivity index is 0.00000264. The van der Waals surface area contributed by atoms with Gasteiger partial charge in [0.2, 0.25) is 0 Å². The number of aliphatic imine (C=N–C) groups is 1. The van der Waals surface area contributed by atoms with Gasteiger partial charge in [-0.1, -0.05) is 6.92 Å². The minimum Gasteiger partial charge on any atom is -0.393 e. The maximum Gasteiger partial charge on any atom is 0.191 e. The Labute approximate surface area is 158 Å². The van der Waals surface area contributed by atoms with Gasteiger partial charge in [-0.15, -0.1) is 24.0 Å². The molecular formula is C17H35IN4O. The van der Waals surface area contributed by atoms with Crippen LogP contribution in [-0.2, 0) is 0 Å². The van der Waals surface area contributed by atoms with Crippen molar-refractivity contribution in [3.63, 3.8) is 0 Å². The minimum absolute atomic E-state index is 0. The van der Waals surface area contributed by atoms with Crippen LogP contribution in [0.5, 0.6) is 0 Å². The number of hydrogen-bond acceptors (Lipinski definition) is 3. The molecule has 0 aromatic heterocycles. The van der Waals surface area contributed by atoms with Crippen molar-refractivity contribution in [2.75, 3.05) is 32.7 Å². The van der Waals surface area contributed by atoms with Gasteiger partial charge in [-0.05, 0) is 64.5 Å². The van der Waals surface area contributed by atoms with Crippen molar-refractivity contribution in [2.24, 2.45) is 10.9 Å². The van der Waals surface area contributed by atoms with E-state index in [0.717, 1.165) is 44.7 Å². The Hall–Kier alpha value is -0.0800. The summed E-state index contributed by atoms with van der Waals surface area (Å²) >= 11 is 0. The van der Waals surface area contributed by atoms with E-state index < -0.39 is 0 Å². The molecule has 1 aliphatic carbocycles. The highest BCUT2D eigenvalue weighted by atomic mass is 127. The second-order valence-corrected chi connectivity index (χ2v) is 6.98. The van der Waals surface area contributed by atoms with E-state index in [4.69, 9.17) is 4.99 Å². The van der Waals surface area contributed by atoms with Crippen LogP contribution in [0, 0.1) is 5.92 Å². The number of halogens is 1. The lowest BCUT2D eigenvalue weighted by Gasteiger charge is -2.28. The molecular weight excluding hydrogens is 403 g/mol. The summed E-state index contributed by atoms with van der Waals surface area (Å²) in [7, 11) is 0. The predicted octanol–water partition coefficient (Wildman–Crippen LogP) is 2.19. The van der Waals surface area contributed by atoms with Gasteiger partial charge < -0.3 is 20.6 Å². The summed E-state index contributed by atoms with van der Waals surface area (Å²) < 4.78 is 0. The van der Waals surface area contributed by atoms with Crippen LogP contribution in [0.4, 0.5) is 0 Å². The second kappa shape index (κ2) is 11.5. The summed E-state index contributed by atoms with van der Waals surface area (Å²) in [6, 6.07) is 0.454. The average Bonchev–Trinajstić information content (AvgIpc) is 3.00. The lowest BCUT2D eigenvalue weighted by Crippen LogP contribution is -2.45. The first-order chi connectivity index (χ1) is 10.7. The lowest BCUT2D eigenvalue weighted by atomic mass is 9.93. The zero-order valence-electron chi connectivity index (χ0n) is 14.8. The molecule has 23 heavy (non-hydrogen) atoms. The van der Waals surface area contributed by atoms with E-state index >= 15 is 0 Å². The van der Waals surface area contributed by atoms with Crippen molar-refractivity contribution in [2.45, 2.75) is 64.5 Å². The molecule has 0 bridgehead atoms. The second-order valence-electron chi connectivity index (χ2n) is 6.98. The number of likely N-dealkylation sites (tertiary alicyclic amines) is 1. The molecule has 1 atom stereocenters. The van der Waals surface area contributed by atoms with Crippen molar-refractivity contribution in [3.8, 4) is 0 Å². The van der Waals surface area contributed by atoms with Crippen LogP contribution in [0.15, 0.2) is 4.99 Å². The maximum absolute atomic E-state index is 9.60. The quantitative estimate of drug-likeness (QED) is 0.338. The van der Waals surface area contributed by atoms with Gasteiger partial charge in [-0.3, -0.25) is 4.99 Å². The van der Waals surface area contributed by atoms with Crippen molar-refractivity contribution in [1.82, 2.24) is 15.5 Å². The van der Waals surface area contributed by atoms with Crippen LogP contribution in [-0.4, -0.2) is 60.8 Å². The van der Waals surface area contributed by atoms with E-state index in [1.165, 1.54) is 32.5 Å². The number of aliphatic hydroxyl groups is 1. The smallest absolute Gasteiger partial charge is 0.191 e. The lowest BCUT2D eigenvalue weighted by molar-refractivity contribution is 0.120. The summed E-state index contributed by atoms with van der Waals surface area (Å²) in [5.74, 6) is 1.54. The summed E-state index contributed by atoms with van der Waals surface area (Å²) in [4.78, 5) is 7.33. The third-order valence-electron chi connectivity index (χ3n) is 4.71. The summed E-state index contributed by atoms with van der Waals surface area (Å²) in [6.45, 7) is 9.85. The van der Waals surface area contributed by atoms with Crippen LogP contribution in [0.2, 0.25) is 0 Å². The van der Waals surface area contributed by atoms with E-state index in [-0.39, 0.29) is 30.1 Å². The highest BCUT2D eigenvalue weighted by molar-refractivity contribution is 14.0. The monoisotopic (exact) mass is 438 g/mol. The van der Waals surface area contributed by atoms with E-state index in [2.05, 4.69) is 29.4 Å². The summed E-state index contributed by atoms with van der Waals surface area (Å²) in [6.07, 6.45) is 6.49. The zero-order valence-corrected chi connectivity index (χ0v) is 17.1. The molecule has 1 saturated carbocycles. The molecule has 0 aromatic rings. The van der Waals surface area contributed by atoms with Crippen LogP contribution < -0.4 is 10.6 Å². The van der Waals surface area contributed by atoms with Crippen molar-refractivity contribution >= 4 is 29.9 Å². The van der Waals surface area contributed by atoms with E-state index in [1.54, 1.807) is 0 Å². The van der Waals surface area contributed by atoms with Gasteiger partial charge in [0.1, 0.15) is 0 Å². The Morgan fingerprint density at radius 2 is 1.87 bits per heavy atom. The molecule has 0 amide bonds. The average molecular weight is 438 g/mol. The zero-order chi connectivity index (χ0) is 15.8. The highest BCUT2D eigenvalue weighted by Crippen LogP contribution is 2.18. The number of aliphatic hydroxyl groups excluding tert-OH is 1. The van der Waals surface area contributed by atoms with Gasteiger partial charge in [-0.2, -0.15) is 0 Å². The van der Waals surface area contributed by atoms with Gasteiger partial charge in [0.05, 0.1) is 6.10 Å². The fraction of sp³-hybridized carbons (Fsp3) is 0.941. The first kappa shape index (κ1) is 21.0. The summed E-state index contributed by atoms with van der Waals surface area (Å²) in [5.41, 5.74) is 0. The first-order valence-electron chi connectivity index (χ1n) is 9.12. The molecule has 0 radical (unpaired) electrons. The standard InChI is InChI=1S/C17H34N4O.HI/c1-3-18-17(20-15-6-8-16(22)9-7-15)19-12-14(2)13-21-10-4-5-11-21;/h14-16,22H,3-13H2,1-2H3,(H2,18,19,20);1H. The largest absolute Gasteiger partial charge is 0.393 e. The molecule has 6 heteroatoms. The van der Waals surface area contributed by atoms with Crippen molar-refractivity contribution < 1.29 is 5.11 Å². The van der Waals surface area contributed by atoms with Crippen molar-refractivity contribution in [3.05, 3.63) is 0 Å². The third-order valence-corrected chi connectivity index (χ3v) is 4.71. The Morgan fingerprint density at radius 3 is 2.48 bits per heavy atom. The van der Waals surface area contributed by atoms with Gasteiger partial charge in [-0.25, -0.2) is 0 Å². The van der Waals surface area contributed by atoms with Crippen LogP contribution in [0.1, 0.15) is 52.4 Å². The summed E-state index contributed by atoms with van der Waals surface area (Å²) in [5, 5.41) is 16.5. The molecule has 5 nitrogen and oxygen atoms in total. The number of rotatable bonds is 6. The van der Waals surface area contributed by atoms with Gasteiger partial charge in [0, 0.05) is 25.7 Å². The molecule has 1 saturated heterocycles. The molecule has 1 heterocycles. The Morgan fingerprint density at radius 1 is 1.22 bits per heavy atom. The number of nitrogens with one attached hydrogen (secondary N) is 2. The normalized spacial score (nSPS) is 27.3. The number of guanidine groups is 1. The molecule has 1 unspecified atom stereocenters. The number of nitrogens with zero attached hydrogens (tertiary/aromatic N) is 2. The number of hydrogen-bond donors (Lipinski definition) is 3. The van der Waals surface area contributed by atoms with E-state index in [0.29, 0.717) is 12.0 Å².